The van der Waals surface area contributed by atoms with Gasteiger partial charge in [0.15, 0.2) is 0 Å². The number of carbonyl (C=O) groups excluding carboxylic acids is 1. The predicted octanol–water partition coefficient (Wildman–Crippen LogP) is 0.954. The van der Waals surface area contributed by atoms with Crippen molar-refractivity contribution in [3.05, 3.63) is 0 Å². The molecule has 0 aromatic carbocycles. The van der Waals surface area contributed by atoms with Gasteiger partial charge in [-0.2, -0.15) is 0 Å². The molecule has 88 valence electrons. The fourth-order valence-electron chi connectivity index (χ4n) is 1.76. The van der Waals surface area contributed by atoms with Gasteiger partial charge in [-0.1, -0.05) is 6.42 Å². The summed E-state index contributed by atoms with van der Waals surface area (Å²) >= 11 is 0. The Labute approximate surface area is 91.3 Å². The largest absolute Gasteiger partial charge is 0.465 e. The van der Waals surface area contributed by atoms with E-state index in [0.29, 0.717) is 25.7 Å². The lowest BCUT2D eigenvalue weighted by atomic mass is 9.79. The molecule has 4 heteroatoms. The van der Waals surface area contributed by atoms with Gasteiger partial charge in [0.25, 0.3) is 0 Å². The highest BCUT2D eigenvalue weighted by atomic mass is 16.5. The topological polar surface area (TPSA) is 47.6 Å². The van der Waals surface area contributed by atoms with Crippen molar-refractivity contribution >= 4 is 5.97 Å². The molecular formula is C11H21NO3. The molecular weight excluding hydrogens is 194 g/mol. The van der Waals surface area contributed by atoms with E-state index in [1.165, 1.54) is 6.42 Å². The van der Waals surface area contributed by atoms with Gasteiger partial charge in [-0.15, -0.1) is 0 Å². The van der Waals surface area contributed by atoms with Gasteiger partial charge in [-0.25, -0.2) is 0 Å². The number of ether oxygens (including phenoxy) is 2. The predicted molar refractivity (Wildman–Crippen MR) is 57.6 cm³/mol. The first-order chi connectivity index (χ1) is 7.29. The number of nitrogens with one attached hydrogen (secondary N) is 1. The van der Waals surface area contributed by atoms with E-state index in [1.54, 1.807) is 7.11 Å². The third-order valence-corrected chi connectivity index (χ3v) is 2.83. The van der Waals surface area contributed by atoms with Gasteiger partial charge < -0.3 is 14.8 Å². The molecule has 1 N–H and O–H groups in total. The Morgan fingerprint density at radius 3 is 2.73 bits per heavy atom. The summed E-state index contributed by atoms with van der Waals surface area (Å²) in [6.45, 7) is 3.62. The highest BCUT2D eigenvalue weighted by Gasteiger charge is 2.32. The lowest BCUT2D eigenvalue weighted by Gasteiger charge is -2.32. The molecule has 0 aromatic heterocycles. The van der Waals surface area contributed by atoms with E-state index < -0.39 is 0 Å². The lowest BCUT2D eigenvalue weighted by molar-refractivity contribution is -0.148. The Balaban J connectivity index is 2.34. The number of rotatable bonds is 7. The van der Waals surface area contributed by atoms with Crippen molar-refractivity contribution in [2.45, 2.75) is 32.2 Å². The molecule has 0 aliphatic heterocycles. The van der Waals surface area contributed by atoms with Crippen LogP contribution in [0.25, 0.3) is 0 Å². The van der Waals surface area contributed by atoms with Crippen LogP contribution in [0.5, 0.6) is 0 Å². The normalized spacial score (nSPS) is 18.3. The summed E-state index contributed by atoms with van der Waals surface area (Å²) in [6, 6.07) is -0.131. The van der Waals surface area contributed by atoms with Crippen LogP contribution >= 0.6 is 0 Å². The van der Waals surface area contributed by atoms with Gasteiger partial charge in [0.05, 0.1) is 13.2 Å². The van der Waals surface area contributed by atoms with Crippen molar-refractivity contribution in [3.8, 4) is 0 Å². The van der Waals surface area contributed by atoms with Crippen LogP contribution in [0, 0.1) is 5.92 Å². The first kappa shape index (κ1) is 12.5. The van der Waals surface area contributed by atoms with Crippen LogP contribution < -0.4 is 5.32 Å². The molecule has 4 nitrogen and oxygen atoms in total. The summed E-state index contributed by atoms with van der Waals surface area (Å²) in [6.07, 6.45) is 3.49. The maximum Gasteiger partial charge on any atom is 0.323 e. The molecule has 0 radical (unpaired) electrons. The van der Waals surface area contributed by atoms with Crippen molar-refractivity contribution < 1.29 is 14.3 Å². The third kappa shape index (κ3) is 3.80. The molecule has 1 unspecified atom stereocenters. The van der Waals surface area contributed by atoms with E-state index in [4.69, 9.17) is 9.47 Å². The zero-order chi connectivity index (χ0) is 11.1. The minimum absolute atomic E-state index is 0.113. The Kier molecular flexibility index (Phi) is 5.65. The zero-order valence-corrected chi connectivity index (χ0v) is 9.62. The summed E-state index contributed by atoms with van der Waals surface area (Å²) < 4.78 is 10.00. The molecule has 1 atom stereocenters. The highest BCUT2D eigenvalue weighted by Crippen LogP contribution is 2.30. The van der Waals surface area contributed by atoms with Gasteiger partial charge in [0.1, 0.15) is 6.04 Å². The monoisotopic (exact) mass is 215 g/mol. The summed E-state index contributed by atoms with van der Waals surface area (Å²) in [7, 11) is 1.66. The first-order valence-electron chi connectivity index (χ1n) is 5.68. The number of hydrogen-bond acceptors (Lipinski definition) is 4. The van der Waals surface area contributed by atoms with Crippen LogP contribution in [0.2, 0.25) is 0 Å². The van der Waals surface area contributed by atoms with Crippen molar-refractivity contribution in [1.82, 2.24) is 5.32 Å². The standard InChI is InChI=1S/C11H21NO3/c1-3-15-11(13)10(9-5-4-6-9)12-7-8-14-2/h9-10,12H,3-8H2,1-2H3. The number of hydrogen-bond donors (Lipinski definition) is 1. The molecule has 0 saturated heterocycles. The van der Waals surface area contributed by atoms with Crippen LogP contribution in [0.1, 0.15) is 26.2 Å². The molecule has 0 bridgehead atoms. The Morgan fingerprint density at radius 1 is 1.53 bits per heavy atom. The molecule has 0 spiro atoms. The van der Waals surface area contributed by atoms with E-state index >= 15 is 0 Å². The molecule has 1 fully saturated rings. The van der Waals surface area contributed by atoms with Gasteiger partial charge in [-0.05, 0) is 25.7 Å². The van der Waals surface area contributed by atoms with E-state index in [1.807, 2.05) is 6.92 Å². The first-order valence-corrected chi connectivity index (χ1v) is 5.68. The maximum absolute atomic E-state index is 11.6. The van der Waals surface area contributed by atoms with Gasteiger partial charge >= 0.3 is 5.97 Å². The van der Waals surface area contributed by atoms with Gasteiger partial charge in [0.2, 0.25) is 0 Å². The average molecular weight is 215 g/mol. The maximum atomic E-state index is 11.6. The molecule has 0 aromatic rings. The smallest absolute Gasteiger partial charge is 0.323 e. The third-order valence-electron chi connectivity index (χ3n) is 2.83. The summed E-state index contributed by atoms with van der Waals surface area (Å²) in [4.78, 5) is 11.6. The molecule has 0 heterocycles. The second-order valence-corrected chi connectivity index (χ2v) is 3.87. The van der Waals surface area contributed by atoms with Crippen molar-refractivity contribution in [2.24, 2.45) is 5.92 Å². The van der Waals surface area contributed by atoms with Crippen molar-refractivity contribution in [2.75, 3.05) is 26.9 Å². The Morgan fingerprint density at radius 2 is 2.27 bits per heavy atom. The number of carbonyl (C=O) groups is 1. The average Bonchev–Trinajstić information content (AvgIpc) is 2.14. The fourth-order valence-corrected chi connectivity index (χ4v) is 1.76. The highest BCUT2D eigenvalue weighted by molar-refractivity contribution is 5.76. The number of methoxy groups -OCH3 is 1. The van der Waals surface area contributed by atoms with E-state index in [0.717, 1.165) is 12.8 Å². The SMILES string of the molecule is CCOC(=O)C(NCCOC)C1CCC1. The van der Waals surface area contributed by atoms with Crippen LogP contribution in [-0.2, 0) is 14.3 Å². The minimum Gasteiger partial charge on any atom is -0.465 e. The minimum atomic E-state index is -0.131. The Hall–Kier alpha value is -0.610. The molecule has 1 rings (SSSR count). The van der Waals surface area contributed by atoms with Crippen molar-refractivity contribution in [3.63, 3.8) is 0 Å². The quantitative estimate of drug-likeness (QED) is 0.507. The summed E-state index contributed by atoms with van der Waals surface area (Å²) in [5.74, 6) is 0.346. The summed E-state index contributed by atoms with van der Waals surface area (Å²) in [5, 5.41) is 3.21. The second-order valence-electron chi connectivity index (χ2n) is 3.87. The summed E-state index contributed by atoms with van der Waals surface area (Å²) in [5.41, 5.74) is 0. The van der Waals surface area contributed by atoms with E-state index in [9.17, 15) is 4.79 Å². The Bertz CT molecular complexity index is 192. The van der Waals surface area contributed by atoms with Gasteiger partial charge in [0, 0.05) is 13.7 Å². The molecule has 1 saturated carbocycles. The fraction of sp³-hybridized carbons (Fsp3) is 0.909. The second kappa shape index (κ2) is 6.80. The van der Waals surface area contributed by atoms with E-state index in [-0.39, 0.29) is 12.0 Å². The van der Waals surface area contributed by atoms with Crippen molar-refractivity contribution in [1.29, 1.82) is 0 Å². The molecule has 15 heavy (non-hydrogen) atoms. The number of esters is 1. The molecule has 1 aliphatic carbocycles. The van der Waals surface area contributed by atoms with Crippen LogP contribution in [0.4, 0.5) is 0 Å². The molecule has 1 aliphatic rings. The van der Waals surface area contributed by atoms with Crippen LogP contribution in [0.15, 0.2) is 0 Å². The van der Waals surface area contributed by atoms with Crippen LogP contribution in [-0.4, -0.2) is 38.9 Å². The zero-order valence-electron chi connectivity index (χ0n) is 9.62. The van der Waals surface area contributed by atoms with Crippen LogP contribution in [0.3, 0.4) is 0 Å². The van der Waals surface area contributed by atoms with E-state index in [2.05, 4.69) is 5.32 Å². The van der Waals surface area contributed by atoms with Gasteiger partial charge in [-0.3, -0.25) is 4.79 Å². The lowest BCUT2D eigenvalue weighted by Crippen LogP contribution is -2.47. The molecule has 0 amide bonds.